The van der Waals surface area contributed by atoms with Crippen LogP contribution in [0, 0.1) is 0 Å². The van der Waals surface area contributed by atoms with Crippen LogP contribution >= 0.6 is 0 Å². The van der Waals surface area contributed by atoms with Crippen LogP contribution in [0.4, 0.5) is 0 Å². The lowest BCUT2D eigenvalue weighted by Crippen LogP contribution is -2.07. The molecule has 1 heterocycles. The number of aliphatic hydroxyl groups is 1. The Hall–Kier alpha value is -1.61. The van der Waals surface area contributed by atoms with Gasteiger partial charge >= 0.3 is 0 Å². The molecule has 1 aromatic carbocycles. The van der Waals surface area contributed by atoms with Crippen LogP contribution in [0.2, 0.25) is 0 Å². The van der Waals surface area contributed by atoms with Crippen molar-refractivity contribution in [2.24, 2.45) is 0 Å². The molecule has 3 nitrogen and oxygen atoms in total. The molecule has 0 bridgehead atoms. The first kappa shape index (κ1) is 12.8. The molecule has 0 spiro atoms. The van der Waals surface area contributed by atoms with Gasteiger partial charge in [0, 0.05) is 12.4 Å². The van der Waals surface area contributed by atoms with E-state index in [-0.39, 0.29) is 0 Å². The highest BCUT2D eigenvalue weighted by atomic mass is 16.3. The average Bonchev–Trinajstić information content (AvgIpc) is 2.91. The third kappa shape index (κ3) is 2.99. The van der Waals surface area contributed by atoms with E-state index in [2.05, 4.69) is 31.0 Å². The summed E-state index contributed by atoms with van der Waals surface area (Å²) in [5, 5.41) is 10.1. The van der Waals surface area contributed by atoms with Crippen molar-refractivity contribution in [3.05, 3.63) is 54.1 Å². The molecule has 2 aromatic rings. The highest BCUT2D eigenvalue weighted by molar-refractivity contribution is 5.26. The van der Waals surface area contributed by atoms with Gasteiger partial charge in [0.1, 0.15) is 0 Å². The number of imidazole rings is 1. The maximum absolute atomic E-state index is 10.1. The van der Waals surface area contributed by atoms with Crippen molar-refractivity contribution in [1.82, 2.24) is 9.55 Å². The third-order valence-corrected chi connectivity index (χ3v) is 3.45. The molecule has 0 saturated heterocycles. The minimum atomic E-state index is -0.481. The quantitative estimate of drug-likeness (QED) is 0.877. The Labute approximate surface area is 108 Å². The molecule has 0 fully saturated rings. The Morgan fingerprint density at radius 2 is 1.89 bits per heavy atom. The van der Waals surface area contributed by atoms with Crippen molar-refractivity contribution < 1.29 is 5.11 Å². The van der Waals surface area contributed by atoms with Crippen LogP contribution in [0.1, 0.15) is 43.4 Å². The van der Waals surface area contributed by atoms with Crippen LogP contribution in [0.15, 0.2) is 43.0 Å². The van der Waals surface area contributed by atoms with Gasteiger partial charge in [-0.25, -0.2) is 4.98 Å². The van der Waals surface area contributed by atoms with Crippen LogP contribution < -0.4 is 0 Å². The Bertz CT molecular complexity index is 462. The standard InChI is InChI=1S/C15H20N2O/c1-3-12(2)13-4-6-14(7-5-13)15(18)10-17-9-8-16-11-17/h4-9,11-12,15,18H,3,10H2,1-2H3/t12-,15+/m0/s1. The lowest BCUT2D eigenvalue weighted by Gasteiger charge is -2.14. The molecule has 0 amide bonds. The van der Waals surface area contributed by atoms with Crippen molar-refractivity contribution in [1.29, 1.82) is 0 Å². The molecule has 1 N–H and O–H groups in total. The van der Waals surface area contributed by atoms with E-state index in [4.69, 9.17) is 0 Å². The summed E-state index contributed by atoms with van der Waals surface area (Å²) in [6, 6.07) is 8.26. The molecule has 0 aliphatic rings. The van der Waals surface area contributed by atoms with E-state index in [0.29, 0.717) is 12.5 Å². The number of hydrogen-bond donors (Lipinski definition) is 1. The molecule has 0 unspecified atom stereocenters. The number of hydrogen-bond acceptors (Lipinski definition) is 2. The Balaban J connectivity index is 2.04. The van der Waals surface area contributed by atoms with Gasteiger partial charge < -0.3 is 9.67 Å². The van der Waals surface area contributed by atoms with E-state index < -0.39 is 6.10 Å². The minimum Gasteiger partial charge on any atom is -0.387 e. The maximum atomic E-state index is 10.1. The van der Waals surface area contributed by atoms with Gasteiger partial charge in [-0.15, -0.1) is 0 Å². The third-order valence-electron chi connectivity index (χ3n) is 3.45. The number of nitrogens with zero attached hydrogens (tertiary/aromatic N) is 2. The first-order valence-electron chi connectivity index (χ1n) is 6.44. The molecule has 3 heteroatoms. The van der Waals surface area contributed by atoms with Crippen molar-refractivity contribution in [3.8, 4) is 0 Å². The van der Waals surface area contributed by atoms with Gasteiger partial charge in [0.25, 0.3) is 0 Å². The highest BCUT2D eigenvalue weighted by Crippen LogP contribution is 2.21. The first-order valence-corrected chi connectivity index (χ1v) is 6.44. The number of aromatic nitrogens is 2. The summed E-state index contributed by atoms with van der Waals surface area (Å²) in [6.07, 6.45) is 5.95. The first-order chi connectivity index (χ1) is 8.70. The zero-order valence-electron chi connectivity index (χ0n) is 11.0. The molecule has 0 saturated carbocycles. The van der Waals surface area contributed by atoms with Gasteiger partial charge in [-0.2, -0.15) is 0 Å². The number of aliphatic hydroxyl groups excluding tert-OH is 1. The maximum Gasteiger partial charge on any atom is 0.0969 e. The van der Waals surface area contributed by atoms with E-state index in [1.165, 1.54) is 5.56 Å². The molecule has 2 rings (SSSR count). The molecule has 96 valence electrons. The summed E-state index contributed by atoms with van der Waals surface area (Å²) in [7, 11) is 0. The van der Waals surface area contributed by atoms with Crippen molar-refractivity contribution in [3.63, 3.8) is 0 Å². The lowest BCUT2D eigenvalue weighted by molar-refractivity contribution is 0.156. The highest BCUT2D eigenvalue weighted by Gasteiger charge is 2.09. The zero-order chi connectivity index (χ0) is 13.0. The fourth-order valence-electron chi connectivity index (χ4n) is 1.98. The van der Waals surface area contributed by atoms with E-state index in [9.17, 15) is 5.11 Å². The second-order valence-electron chi connectivity index (χ2n) is 4.75. The molecule has 0 radical (unpaired) electrons. The number of benzene rings is 1. The van der Waals surface area contributed by atoms with Crippen LogP contribution in [0.3, 0.4) is 0 Å². The smallest absolute Gasteiger partial charge is 0.0969 e. The SMILES string of the molecule is CC[C@H](C)c1ccc([C@H](O)Cn2ccnc2)cc1. The Kier molecular flexibility index (Phi) is 4.15. The summed E-state index contributed by atoms with van der Waals surface area (Å²) >= 11 is 0. The van der Waals surface area contributed by atoms with E-state index in [0.717, 1.165) is 12.0 Å². The van der Waals surface area contributed by atoms with Crippen LogP contribution in [-0.2, 0) is 6.54 Å². The fourth-order valence-corrected chi connectivity index (χ4v) is 1.98. The average molecular weight is 244 g/mol. The van der Waals surface area contributed by atoms with Crippen LogP contribution in [0.25, 0.3) is 0 Å². The number of rotatable bonds is 5. The topological polar surface area (TPSA) is 38.0 Å². The lowest BCUT2D eigenvalue weighted by atomic mass is 9.96. The molecule has 2 atom stereocenters. The molecule has 1 aromatic heterocycles. The van der Waals surface area contributed by atoms with Gasteiger partial charge in [0.2, 0.25) is 0 Å². The summed E-state index contributed by atoms with van der Waals surface area (Å²) < 4.78 is 1.88. The normalized spacial score (nSPS) is 14.4. The largest absolute Gasteiger partial charge is 0.387 e. The van der Waals surface area contributed by atoms with E-state index >= 15 is 0 Å². The van der Waals surface area contributed by atoms with Gasteiger partial charge in [0.15, 0.2) is 0 Å². The molecule has 18 heavy (non-hydrogen) atoms. The monoisotopic (exact) mass is 244 g/mol. The van der Waals surface area contributed by atoms with Crippen molar-refractivity contribution >= 4 is 0 Å². The summed E-state index contributed by atoms with van der Waals surface area (Å²) in [5.41, 5.74) is 2.28. The van der Waals surface area contributed by atoms with Crippen molar-refractivity contribution in [2.45, 2.75) is 38.8 Å². The zero-order valence-corrected chi connectivity index (χ0v) is 11.0. The van der Waals surface area contributed by atoms with Gasteiger partial charge in [-0.3, -0.25) is 0 Å². The van der Waals surface area contributed by atoms with E-state index in [1.807, 2.05) is 22.9 Å². The fraction of sp³-hybridized carbons (Fsp3) is 0.400. The summed E-state index contributed by atoms with van der Waals surface area (Å²) in [5.74, 6) is 0.574. The van der Waals surface area contributed by atoms with Crippen molar-refractivity contribution in [2.75, 3.05) is 0 Å². The molecule has 0 aliphatic carbocycles. The molecular formula is C15H20N2O. The predicted octanol–water partition coefficient (Wildman–Crippen LogP) is 3.13. The van der Waals surface area contributed by atoms with Gasteiger partial charge in [0.05, 0.1) is 19.0 Å². The summed E-state index contributed by atoms with van der Waals surface area (Å²) in [4.78, 5) is 3.97. The minimum absolute atomic E-state index is 0.481. The second kappa shape index (κ2) is 5.83. The Morgan fingerprint density at radius 1 is 1.22 bits per heavy atom. The Morgan fingerprint density at radius 3 is 2.44 bits per heavy atom. The summed E-state index contributed by atoms with van der Waals surface area (Å²) in [6.45, 7) is 4.95. The van der Waals surface area contributed by atoms with E-state index in [1.54, 1.807) is 12.5 Å². The van der Waals surface area contributed by atoms with Crippen LogP contribution in [-0.4, -0.2) is 14.7 Å². The molecule has 0 aliphatic heterocycles. The van der Waals surface area contributed by atoms with Gasteiger partial charge in [-0.1, -0.05) is 38.1 Å². The van der Waals surface area contributed by atoms with Gasteiger partial charge in [-0.05, 0) is 23.5 Å². The van der Waals surface area contributed by atoms with Crippen LogP contribution in [0.5, 0.6) is 0 Å². The second-order valence-corrected chi connectivity index (χ2v) is 4.75. The predicted molar refractivity (Wildman–Crippen MR) is 72.3 cm³/mol. The molecular weight excluding hydrogens is 224 g/mol.